The van der Waals surface area contributed by atoms with Crippen molar-refractivity contribution in [2.24, 2.45) is 0 Å². The Hall–Kier alpha value is -1.36. The molecule has 1 aromatic rings. The van der Waals surface area contributed by atoms with Crippen LogP contribution in [0.2, 0.25) is 0 Å². The van der Waals surface area contributed by atoms with E-state index in [1.165, 1.54) is 12.8 Å². The van der Waals surface area contributed by atoms with Gasteiger partial charge in [-0.3, -0.25) is 4.79 Å². The van der Waals surface area contributed by atoms with Crippen LogP contribution >= 0.6 is 11.8 Å². The smallest absolute Gasteiger partial charge is 0.220 e. The van der Waals surface area contributed by atoms with E-state index in [1.54, 1.807) is 26.0 Å². The maximum absolute atomic E-state index is 11.6. The molecular formula is C17H27NO3S. The summed E-state index contributed by atoms with van der Waals surface area (Å²) < 4.78 is 10.5. The largest absolute Gasteiger partial charge is 0.493 e. The van der Waals surface area contributed by atoms with Crippen LogP contribution in [0.25, 0.3) is 0 Å². The number of nitrogens with one attached hydrogen (secondary N) is 1. The normalized spacial score (nSPS) is 10.3. The Labute approximate surface area is 138 Å². The fourth-order valence-electron chi connectivity index (χ4n) is 2.07. The summed E-state index contributed by atoms with van der Waals surface area (Å²) in [6.07, 6.45) is 5.18. The van der Waals surface area contributed by atoms with Crippen LogP contribution in [0.3, 0.4) is 0 Å². The van der Waals surface area contributed by atoms with Gasteiger partial charge in [-0.15, -0.1) is 11.8 Å². The van der Waals surface area contributed by atoms with Gasteiger partial charge in [-0.05, 0) is 24.6 Å². The average Bonchev–Trinajstić information content (AvgIpc) is 2.55. The van der Waals surface area contributed by atoms with Gasteiger partial charge in [0.1, 0.15) is 0 Å². The minimum Gasteiger partial charge on any atom is -0.493 e. The van der Waals surface area contributed by atoms with Crippen LogP contribution in [0.15, 0.2) is 23.1 Å². The van der Waals surface area contributed by atoms with Crippen molar-refractivity contribution in [2.45, 2.75) is 43.9 Å². The Morgan fingerprint density at radius 1 is 1.14 bits per heavy atom. The minimum absolute atomic E-state index is 0.156. The monoisotopic (exact) mass is 325 g/mol. The standard InChI is InChI=1S/C17H27NO3S/c1-4-5-6-7-8-17(19)18-11-12-22-14-9-10-15(20-2)16(13-14)21-3/h9-10,13H,4-8,11-12H2,1-3H3,(H,18,19). The molecule has 0 bridgehead atoms. The zero-order valence-electron chi connectivity index (χ0n) is 13.8. The number of unbranched alkanes of at least 4 members (excludes halogenated alkanes) is 3. The van der Waals surface area contributed by atoms with Crippen molar-refractivity contribution in [1.29, 1.82) is 0 Å². The highest BCUT2D eigenvalue weighted by atomic mass is 32.2. The van der Waals surface area contributed by atoms with Gasteiger partial charge in [0, 0.05) is 23.6 Å². The Bertz CT molecular complexity index is 452. The molecule has 0 atom stereocenters. The zero-order chi connectivity index (χ0) is 16.2. The summed E-state index contributed by atoms with van der Waals surface area (Å²) in [7, 11) is 3.26. The molecule has 1 rings (SSSR count). The second-order valence-electron chi connectivity index (χ2n) is 5.03. The molecule has 0 fully saturated rings. The van der Waals surface area contributed by atoms with E-state index < -0.39 is 0 Å². The fourth-order valence-corrected chi connectivity index (χ4v) is 2.86. The first kappa shape index (κ1) is 18.7. The number of thioether (sulfide) groups is 1. The quantitative estimate of drug-likeness (QED) is 0.495. The maximum Gasteiger partial charge on any atom is 0.220 e. The highest BCUT2D eigenvalue weighted by Crippen LogP contribution is 2.31. The topological polar surface area (TPSA) is 47.6 Å². The van der Waals surface area contributed by atoms with Gasteiger partial charge in [-0.2, -0.15) is 0 Å². The van der Waals surface area contributed by atoms with Crippen molar-refractivity contribution >= 4 is 17.7 Å². The fraction of sp³-hybridized carbons (Fsp3) is 0.588. The van der Waals surface area contributed by atoms with Gasteiger partial charge in [0.15, 0.2) is 11.5 Å². The van der Waals surface area contributed by atoms with Crippen molar-refractivity contribution in [1.82, 2.24) is 5.32 Å². The van der Waals surface area contributed by atoms with Crippen molar-refractivity contribution in [3.8, 4) is 11.5 Å². The van der Waals surface area contributed by atoms with Crippen LogP contribution in [0.1, 0.15) is 39.0 Å². The molecule has 0 saturated carbocycles. The first-order valence-corrected chi connectivity index (χ1v) is 8.81. The first-order chi connectivity index (χ1) is 10.7. The molecule has 0 saturated heterocycles. The van der Waals surface area contributed by atoms with Gasteiger partial charge in [-0.25, -0.2) is 0 Å². The van der Waals surface area contributed by atoms with Crippen LogP contribution < -0.4 is 14.8 Å². The second-order valence-corrected chi connectivity index (χ2v) is 6.19. The van der Waals surface area contributed by atoms with E-state index in [-0.39, 0.29) is 5.91 Å². The molecule has 0 heterocycles. The third-order valence-electron chi connectivity index (χ3n) is 3.31. The van der Waals surface area contributed by atoms with E-state index in [2.05, 4.69) is 12.2 Å². The average molecular weight is 325 g/mol. The molecule has 1 amide bonds. The number of carbonyl (C=O) groups excluding carboxylic acids is 1. The van der Waals surface area contributed by atoms with E-state index in [0.717, 1.165) is 35.0 Å². The number of carbonyl (C=O) groups is 1. The number of benzene rings is 1. The van der Waals surface area contributed by atoms with Gasteiger partial charge in [-0.1, -0.05) is 26.2 Å². The van der Waals surface area contributed by atoms with Gasteiger partial charge in [0.25, 0.3) is 0 Å². The van der Waals surface area contributed by atoms with Gasteiger partial charge in [0.2, 0.25) is 5.91 Å². The number of amides is 1. The van der Waals surface area contributed by atoms with Gasteiger partial charge >= 0.3 is 0 Å². The van der Waals surface area contributed by atoms with Crippen LogP contribution in [-0.4, -0.2) is 32.4 Å². The lowest BCUT2D eigenvalue weighted by molar-refractivity contribution is -0.121. The summed E-state index contributed by atoms with van der Waals surface area (Å²) >= 11 is 1.69. The molecule has 1 N–H and O–H groups in total. The predicted octanol–water partition coefficient (Wildman–Crippen LogP) is 3.88. The Morgan fingerprint density at radius 3 is 2.59 bits per heavy atom. The Kier molecular flexibility index (Phi) is 9.55. The molecule has 0 aliphatic heterocycles. The van der Waals surface area contributed by atoms with Crippen LogP contribution in [0.4, 0.5) is 0 Å². The first-order valence-electron chi connectivity index (χ1n) is 7.82. The van der Waals surface area contributed by atoms with E-state index >= 15 is 0 Å². The van der Waals surface area contributed by atoms with Gasteiger partial charge < -0.3 is 14.8 Å². The Balaban J connectivity index is 2.23. The minimum atomic E-state index is 0.156. The molecule has 4 nitrogen and oxygen atoms in total. The number of rotatable bonds is 11. The lowest BCUT2D eigenvalue weighted by Gasteiger charge is -2.09. The van der Waals surface area contributed by atoms with Crippen molar-refractivity contribution in [3.63, 3.8) is 0 Å². The highest BCUT2D eigenvalue weighted by Gasteiger charge is 2.05. The van der Waals surface area contributed by atoms with Gasteiger partial charge in [0.05, 0.1) is 14.2 Å². The summed E-state index contributed by atoms with van der Waals surface area (Å²) in [6.45, 7) is 2.86. The lowest BCUT2D eigenvalue weighted by Crippen LogP contribution is -2.25. The second kappa shape index (κ2) is 11.2. The van der Waals surface area contributed by atoms with E-state index in [4.69, 9.17) is 9.47 Å². The third kappa shape index (κ3) is 7.07. The maximum atomic E-state index is 11.6. The van der Waals surface area contributed by atoms with Crippen LogP contribution in [0, 0.1) is 0 Å². The SMILES string of the molecule is CCCCCCC(=O)NCCSc1ccc(OC)c(OC)c1. The Morgan fingerprint density at radius 2 is 1.91 bits per heavy atom. The molecule has 0 radical (unpaired) electrons. The van der Waals surface area contributed by atoms with Crippen LogP contribution in [-0.2, 0) is 4.79 Å². The summed E-state index contributed by atoms with van der Waals surface area (Å²) in [5.74, 6) is 2.46. The molecule has 0 aliphatic carbocycles. The summed E-state index contributed by atoms with van der Waals surface area (Å²) in [5, 5.41) is 2.97. The molecule has 0 aromatic heterocycles. The van der Waals surface area contributed by atoms with Crippen molar-refractivity contribution < 1.29 is 14.3 Å². The number of methoxy groups -OCH3 is 2. The highest BCUT2D eigenvalue weighted by molar-refractivity contribution is 7.99. The zero-order valence-corrected chi connectivity index (χ0v) is 14.6. The molecular weight excluding hydrogens is 298 g/mol. The molecule has 124 valence electrons. The van der Waals surface area contributed by atoms with E-state index in [1.807, 2.05) is 18.2 Å². The summed E-state index contributed by atoms with van der Waals surface area (Å²) in [5.41, 5.74) is 0. The van der Waals surface area contributed by atoms with E-state index in [0.29, 0.717) is 13.0 Å². The number of hydrogen-bond donors (Lipinski definition) is 1. The molecule has 0 unspecified atom stereocenters. The number of hydrogen-bond acceptors (Lipinski definition) is 4. The predicted molar refractivity (Wildman–Crippen MR) is 92.0 cm³/mol. The summed E-state index contributed by atoms with van der Waals surface area (Å²) in [6, 6.07) is 5.85. The number of ether oxygens (including phenoxy) is 2. The van der Waals surface area contributed by atoms with Crippen LogP contribution in [0.5, 0.6) is 11.5 Å². The van der Waals surface area contributed by atoms with Crippen molar-refractivity contribution in [2.75, 3.05) is 26.5 Å². The molecule has 22 heavy (non-hydrogen) atoms. The molecule has 0 spiro atoms. The molecule has 0 aliphatic rings. The van der Waals surface area contributed by atoms with Crippen molar-refractivity contribution in [3.05, 3.63) is 18.2 Å². The lowest BCUT2D eigenvalue weighted by atomic mass is 10.1. The third-order valence-corrected chi connectivity index (χ3v) is 4.30. The summed E-state index contributed by atoms with van der Waals surface area (Å²) in [4.78, 5) is 12.8. The molecule has 1 aromatic carbocycles. The van der Waals surface area contributed by atoms with E-state index in [9.17, 15) is 4.79 Å². The molecule has 5 heteroatoms.